The molecule has 0 fully saturated rings. The molecule has 0 aliphatic carbocycles. The van der Waals surface area contributed by atoms with Crippen molar-refractivity contribution in [3.05, 3.63) is 11.4 Å². The second kappa shape index (κ2) is 6.43. The molecule has 0 bridgehead atoms. The molecule has 0 atom stereocenters. The van der Waals surface area contributed by atoms with Crippen LogP contribution in [0.3, 0.4) is 0 Å². The van der Waals surface area contributed by atoms with E-state index in [-0.39, 0.29) is 23.9 Å². The number of aromatic amines is 1. The molecule has 2 heterocycles. The minimum atomic E-state index is -0.561. The highest BCUT2D eigenvalue weighted by Gasteiger charge is 2.23. The lowest BCUT2D eigenvalue weighted by atomic mass is 10.4. The molecule has 20 heavy (non-hydrogen) atoms. The Bertz CT molecular complexity index is 625. The Balaban J connectivity index is 2.23. The Hall–Kier alpha value is -2.01. The number of aromatic nitrogens is 5. The lowest BCUT2D eigenvalue weighted by molar-refractivity contribution is 0.0515. The third-order valence-corrected chi connectivity index (χ3v) is 3.93. The summed E-state index contributed by atoms with van der Waals surface area (Å²) in [7, 11) is 1.49. The van der Waals surface area contributed by atoms with Gasteiger partial charge in [0.15, 0.2) is 16.4 Å². The highest BCUT2D eigenvalue weighted by Crippen LogP contribution is 2.32. The van der Waals surface area contributed by atoms with Crippen LogP contribution in [-0.2, 0) is 4.74 Å². The van der Waals surface area contributed by atoms with Gasteiger partial charge >= 0.3 is 5.97 Å². The van der Waals surface area contributed by atoms with E-state index in [2.05, 4.69) is 30.3 Å². The molecule has 0 unspecified atom stereocenters. The van der Waals surface area contributed by atoms with Crippen LogP contribution in [0.4, 0.5) is 0 Å². The largest absolute Gasteiger partial charge is 0.461 e. The van der Waals surface area contributed by atoms with Crippen molar-refractivity contribution >= 4 is 35.2 Å². The Morgan fingerprint density at radius 2 is 2.20 bits per heavy atom. The fourth-order valence-corrected chi connectivity index (χ4v) is 2.83. The van der Waals surface area contributed by atoms with Crippen LogP contribution >= 0.6 is 23.3 Å². The summed E-state index contributed by atoms with van der Waals surface area (Å²) in [6, 6.07) is 0. The number of ether oxygens (including phenoxy) is 1. The number of H-pyrrole nitrogens is 1. The zero-order valence-electron chi connectivity index (χ0n) is 10.5. The zero-order valence-corrected chi connectivity index (χ0v) is 12.2. The summed E-state index contributed by atoms with van der Waals surface area (Å²) < 4.78 is 9.07. The molecule has 0 radical (unpaired) electrons. The maximum absolute atomic E-state index is 11.7. The first kappa shape index (κ1) is 14.4. The fourth-order valence-electron chi connectivity index (χ4n) is 1.22. The van der Waals surface area contributed by atoms with Crippen LogP contribution in [-0.4, -0.2) is 50.5 Å². The van der Waals surface area contributed by atoms with Gasteiger partial charge in [0.25, 0.3) is 5.91 Å². The number of carbonyl (C=O) groups is 2. The number of hydrogen-bond donors (Lipinski definition) is 2. The van der Waals surface area contributed by atoms with Crippen molar-refractivity contribution in [1.29, 1.82) is 0 Å². The van der Waals surface area contributed by atoms with E-state index >= 15 is 0 Å². The minimum absolute atomic E-state index is 0.104. The predicted molar refractivity (Wildman–Crippen MR) is 69.8 cm³/mol. The van der Waals surface area contributed by atoms with Crippen molar-refractivity contribution in [2.75, 3.05) is 13.7 Å². The van der Waals surface area contributed by atoms with E-state index < -0.39 is 5.97 Å². The highest BCUT2D eigenvalue weighted by atomic mass is 32.2. The highest BCUT2D eigenvalue weighted by molar-refractivity contribution is 8.01. The molecule has 0 aliphatic rings. The number of rotatable bonds is 5. The molecular weight excluding hydrogens is 304 g/mol. The van der Waals surface area contributed by atoms with Gasteiger partial charge in [-0.25, -0.2) is 4.79 Å². The summed E-state index contributed by atoms with van der Waals surface area (Å²) in [6.07, 6.45) is 0. The van der Waals surface area contributed by atoms with Crippen LogP contribution in [0, 0.1) is 0 Å². The van der Waals surface area contributed by atoms with Gasteiger partial charge in [0.1, 0.15) is 4.21 Å². The normalized spacial score (nSPS) is 10.3. The average Bonchev–Trinajstić information content (AvgIpc) is 3.08. The molecule has 2 aromatic rings. The van der Waals surface area contributed by atoms with E-state index in [1.165, 1.54) is 7.05 Å². The Labute approximate surface area is 121 Å². The SMILES string of the molecule is CCOC(=O)c1nnsc1Sc1n[nH]nc1C(=O)NC. The molecule has 1 amide bonds. The van der Waals surface area contributed by atoms with E-state index in [0.717, 1.165) is 23.3 Å². The molecule has 2 rings (SSSR count). The second-order valence-corrected chi connectivity index (χ2v) is 5.30. The fraction of sp³-hybridized carbons (Fsp3) is 0.333. The molecule has 2 aromatic heterocycles. The number of hydrogen-bond acceptors (Lipinski definition) is 9. The van der Waals surface area contributed by atoms with Gasteiger partial charge in [-0.05, 0) is 18.5 Å². The first-order valence-electron chi connectivity index (χ1n) is 5.47. The van der Waals surface area contributed by atoms with Crippen molar-refractivity contribution in [2.45, 2.75) is 16.2 Å². The number of esters is 1. The van der Waals surface area contributed by atoms with Crippen LogP contribution in [0.15, 0.2) is 9.24 Å². The number of nitrogens with one attached hydrogen (secondary N) is 2. The van der Waals surface area contributed by atoms with Crippen LogP contribution in [0.1, 0.15) is 27.9 Å². The van der Waals surface area contributed by atoms with E-state index in [0.29, 0.717) is 9.24 Å². The molecule has 0 saturated carbocycles. The van der Waals surface area contributed by atoms with Gasteiger partial charge in [-0.1, -0.05) is 16.3 Å². The average molecular weight is 314 g/mol. The Morgan fingerprint density at radius 3 is 2.90 bits per heavy atom. The van der Waals surface area contributed by atoms with Crippen molar-refractivity contribution in [1.82, 2.24) is 30.3 Å². The third kappa shape index (κ3) is 2.93. The van der Waals surface area contributed by atoms with Crippen molar-refractivity contribution in [3.8, 4) is 0 Å². The van der Waals surface area contributed by atoms with Crippen molar-refractivity contribution < 1.29 is 14.3 Å². The van der Waals surface area contributed by atoms with Gasteiger partial charge < -0.3 is 10.1 Å². The van der Waals surface area contributed by atoms with Gasteiger partial charge in [0.2, 0.25) is 0 Å². The molecule has 11 heteroatoms. The number of amides is 1. The molecule has 0 spiro atoms. The summed E-state index contributed by atoms with van der Waals surface area (Å²) in [5, 5.41) is 16.5. The lowest BCUT2D eigenvalue weighted by Gasteiger charge is -2.00. The molecule has 0 saturated heterocycles. The Kier molecular flexibility index (Phi) is 4.63. The van der Waals surface area contributed by atoms with Crippen LogP contribution in [0.2, 0.25) is 0 Å². The quantitative estimate of drug-likeness (QED) is 0.758. The summed E-state index contributed by atoms with van der Waals surface area (Å²) in [5.74, 6) is -0.940. The zero-order chi connectivity index (χ0) is 14.5. The van der Waals surface area contributed by atoms with Gasteiger partial charge in [0, 0.05) is 7.05 Å². The van der Waals surface area contributed by atoms with Gasteiger partial charge in [-0.3, -0.25) is 4.79 Å². The van der Waals surface area contributed by atoms with Crippen LogP contribution in [0.5, 0.6) is 0 Å². The Morgan fingerprint density at radius 1 is 1.40 bits per heavy atom. The summed E-state index contributed by atoms with van der Waals surface area (Å²) in [6.45, 7) is 1.94. The monoisotopic (exact) mass is 314 g/mol. The molecule has 2 N–H and O–H groups in total. The minimum Gasteiger partial charge on any atom is -0.461 e. The second-order valence-electron chi connectivity index (χ2n) is 3.29. The maximum Gasteiger partial charge on any atom is 0.361 e. The topological polar surface area (TPSA) is 123 Å². The maximum atomic E-state index is 11.7. The van der Waals surface area contributed by atoms with Gasteiger partial charge in [-0.15, -0.1) is 15.3 Å². The van der Waals surface area contributed by atoms with E-state index in [4.69, 9.17) is 4.74 Å². The standard InChI is InChI=1S/C9H10N6O3S2/c1-3-18-8(17)5-9(20-15-12-5)19-7-4(6(16)10-2)11-14-13-7/h3H2,1-2H3,(H,10,16)(H,11,13,14). The van der Waals surface area contributed by atoms with E-state index in [1.807, 2.05) is 0 Å². The summed E-state index contributed by atoms with van der Waals surface area (Å²) in [4.78, 5) is 23.3. The number of carbonyl (C=O) groups excluding carboxylic acids is 2. The number of nitrogens with zero attached hydrogens (tertiary/aromatic N) is 4. The smallest absolute Gasteiger partial charge is 0.361 e. The molecule has 0 aromatic carbocycles. The predicted octanol–water partition coefficient (Wildman–Crippen LogP) is 0.344. The van der Waals surface area contributed by atoms with Gasteiger partial charge in [-0.2, -0.15) is 5.21 Å². The molecule has 0 aliphatic heterocycles. The van der Waals surface area contributed by atoms with Crippen LogP contribution in [0.25, 0.3) is 0 Å². The van der Waals surface area contributed by atoms with Crippen molar-refractivity contribution in [3.63, 3.8) is 0 Å². The molecule has 106 valence electrons. The van der Waals surface area contributed by atoms with E-state index in [9.17, 15) is 9.59 Å². The van der Waals surface area contributed by atoms with E-state index in [1.54, 1.807) is 6.92 Å². The lowest BCUT2D eigenvalue weighted by Crippen LogP contribution is -2.19. The summed E-state index contributed by atoms with van der Waals surface area (Å²) in [5.41, 5.74) is 0.244. The third-order valence-electron chi connectivity index (χ3n) is 2.07. The van der Waals surface area contributed by atoms with Crippen molar-refractivity contribution in [2.24, 2.45) is 0 Å². The molecular formula is C9H10N6O3S2. The van der Waals surface area contributed by atoms with Gasteiger partial charge in [0.05, 0.1) is 6.61 Å². The first-order chi connectivity index (χ1) is 9.67. The molecule has 9 nitrogen and oxygen atoms in total. The summed E-state index contributed by atoms with van der Waals surface area (Å²) >= 11 is 2.10. The first-order valence-corrected chi connectivity index (χ1v) is 7.06. The van der Waals surface area contributed by atoms with Crippen LogP contribution < -0.4 is 5.32 Å².